The SMILES string of the molecule is COS(=O)(=O)c1ccc(Br)cc1[C@@H]1COc2ccc3nc(C)ccc3c2O1. The number of aryl methyl sites for hydroxylation is 1. The minimum absolute atomic E-state index is 0.0551. The third-order valence-electron chi connectivity index (χ3n) is 4.38. The van der Waals surface area contributed by atoms with Crippen LogP contribution in [0.5, 0.6) is 11.5 Å². The largest absolute Gasteiger partial charge is 0.485 e. The Kier molecular flexibility index (Phi) is 4.57. The highest BCUT2D eigenvalue weighted by atomic mass is 79.9. The van der Waals surface area contributed by atoms with E-state index in [1.807, 2.05) is 31.2 Å². The molecule has 1 aliphatic heterocycles. The van der Waals surface area contributed by atoms with Crippen LogP contribution < -0.4 is 9.47 Å². The van der Waals surface area contributed by atoms with Crippen LogP contribution in [0, 0.1) is 6.92 Å². The van der Waals surface area contributed by atoms with Gasteiger partial charge in [0.15, 0.2) is 17.6 Å². The summed E-state index contributed by atoms with van der Waals surface area (Å²) in [6, 6.07) is 12.4. The topological polar surface area (TPSA) is 74.7 Å². The lowest BCUT2D eigenvalue weighted by atomic mass is 10.1. The Labute approximate surface area is 165 Å². The maximum absolute atomic E-state index is 12.3. The van der Waals surface area contributed by atoms with Crippen molar-refractivity contribution in [3.05, 3.63) is 58.2 Å². The predicted octanol–water partition coefficient (Wildman–Crippen LogP) is 4.15. The fraction of sp³-hybridized carbons (Fsp3) is 0.211. The second-order valence-corrected chi connectivity index (χ2v) is 8.73. The molecule has 2 heterocycles. The van der Waals surface area contributed by atoms with E-state index in [4.69, 9.17) is 13.7 Å². The van der Waals surface area contributed by atoms with Gasteiger partial charge in [0.25, 0.3) is 10.1 Å². The molecule has 3 aromatic rings. The fourth-order valence-corrected chi connectivity index (χ4v) is 4.35. The van der Waals surface area contributed by atoms with Gasteiger partial charge in [0.1, 0.15) is 11.5 Å². The lowest BCUT2D eigenvalue weighted by Crippen LogP contribution is -2.24. The zero-order valence-electron chi connectivity index (χ0n) is 14.6. The summed E-state index contributed by atoms with van der Waals surface area (Å²) in [4.78, 5) is 4.56. The van der Waals surface area contributed by atoms with Crippen molar-refractivity contribution < 1.29 is 22.1 Å². The van der Waals surface area contributed by atoms with E-state index in [9.17, 15) is 8.42 Å². The standard InChI is InChI=1S/C19H16BrNO5S/c1-11-3-5-13-15(21-11)6-7-16-19(13)26-17(10-25-16)14-9-12(20)4-8-18(14)27(22,23)24-2/h3-9,17H,10H2,1-2H3/t17-/m0/s1. The van der Waals surface area contributed by atoms with Crippen molar-refractivity contribution in [3.63, 3.8) is 0 Å². The number of hydrogen-bond acceptors (Lipinski definition) is 6. The Bertz CT molecular complexity index is 1150. The van der Waals surface area contributed by atoms with Crippen LogP contribution in [0.15, 0.2) is 51.8 Å². The first-order valence-electron chi connectivity index (χ1n) is 8.19. The molecule has 27 heavy (non-hydrogen) atoms. The third-order valence-corrected chi connectivity index (χ3v) is 6.23. The van der Waals surface area contributed by atoms with Gasteiger partial charge >= 0.3 is 0 Å². The van der Waals surface area contributed by atoms with Crippen molar-refractivity contribution in [1.82, 2.24) is 4.98 Å². The van der Waals surface area contributed by atoms with E-state index in [-0.39, 0.29) is 11.5 Å². The van der Waals surface area contributed by atoms with Crippen LogP contribution in [-0.2, 0) is 14.3 Å². The zero-order chi connectivity index (χ0) is 19.2. The number of hydrogen-bond donors (Lipinski definition) is 0. The van der Waals surface area contributed by atoms with Crippen LogP contribution in [0.1, 0.15) is 17.4 Å². The number of pyridine rings is 1. The van der Waals surface area contributed by atoms with Gasteiger partial charge in [0.2, 0.25) is 0 Å². The maximum Gasteiger partial charge on any atom is 0.297 e. The quantitative estimate of drug-likeness (QED) is 0.559. The predicted molar refractivity (Wildman–Crippen MR) is 104 cm³/mol. The summed E-state index contributed by atoms with van der Waals surface area (Å²) in [6.07, 6.45) is -0.609. The lowest BCUT2D eigenvalue weighted by molar-refractivity contribution is 0.0912. The monoisotopic (exact) mass is 449 g/mol. The highest BCUT2D eigenvalue weighted by molar-refractivity contribution is 9.10. The van der Waals surface area contributed by atoms with Gasteiger partial charge in [-0.25, -0.2) is 0 Å². The molecule has 0 unspecified atom stereocenters. The van der Waals surface area contributed by atoms with Gasteiger partial charge in [-0.3, -0.25) is 9.17 Å². The van der Waals surface area contributed by atoms with Crippen molar-refractivity contribution in [2.45, 2.75) is 17.9 Å². The van der Waals surface area contributed by atoms with Crippen molar-refractivity contribution >= 4 is 37.0 Å². The molecule has 1 atom stereocenters. The van der Waals surface area contributed by atoms with Crippen LogP contribution in [0.4, 0.5) is 0 Å². The van der Waals surface area contributed by atoms with Crippen molar-refractivity contribution in [3.8, 4) is 11.5 Å². The molecule has 1 aliphatic rings. The molecule has 1 aromatic heterocycles. The van der Waals surface area contributed by atoms with Crippen molar-refractivity contribution in [1.29, 1.82) is 0 Å². The van der Waals surface area contributed by atoms with Gasteiger partial charge in [-0.15, -0.1) is 0 Å². The van der Waals surface area contributed by atoms with Gasteiger partial charge in [0.05, 0.1) is 12.6 Å². The minimum atomic E-state index is -3.89. The molecule has 0 fully saturated rings. The Hall–Kier alpha value is -2.16. The molecule has 0 saturated heterocycles. The molecular formula is C19H16BrNO5S. The molecule has 0 bridgehead atoms. The molecule has 0 aliphatic carbocycles. The molecule has 0 radical (unpaired) electrons. The number of halogens is 1. The Balaban J connectivity index is 1.83. The average molecular weight is 450 g/mol. The first-order chi connectivity index (χ1) is 12.9. The summed E-state index contributed by atoms with van der Waals surface area (Å²) < 4.78 is 42.2. The molecule has 0 saturated carbocycles. The molecule has 140 valence electrons. The summed E-state index contributed by atoms with van der Waals surface area (Å²) in [5.41, 5.74) is 2.15. The molecule has 8 heteroatoms. The second-order valence-electron chi connectivity index (χ2n) is 6.13. The fourth-order valence-electron chi connectivity index (χ4n) is 3.08. The maximum atomic E-state index is 12.3. The third kappa shape index (κ3) is 3.28. The second kappa shape index (κ2) is 6.78. The summed E-state index contributed by atoms with van der Waals surface area (Å²) in [5, 5.41) is 0.814. The molecule has 2 aromatic carbocycles. The highest BCUT2D eigenvalue weighted by Gasteiger charge is 2.30. The van der Waals surface area contributed by atoms with Gasteiger partial charge in [-0.2, -0.15) is 8.42 Å². The first-order valence-corrected chi connectivity index (χ1v) is 10.4. The van der Waals surface area contributed by atoms with Gasteiger partial charge in [-0.05, 0) is 49.4 Å². The first kappa shape index (κ1) is 18.2. The Morgan fingerprint density at radius 1 is 1.19 bits per heavy atom. The van der Waals surface area contributed by atoms with E-state index < -0.39 is 16.2 Å². The van der Waals surface area contributed by atoms with E-state index in [1.54, 1.807) is 12.1 Å². The van der Waals surface area contributed by atoms with Gasteiger partial charge in [-0.1, -0.05) is 15.9 Å². The van der Waals surface area contributed by atoms with Crippen molar-refractivity contribution in [2.75, 3.05) is 13.7 Å². The van der Waals surface area contributed by atoms with E-state index in [1.165, 1.54) is 6.07 Å². The van der Waals surface area contributed by atoms with E-state index >= 15 is 0 Å². The number of benzene rings is 2. The minimum Gasteiger partial charge on any atom is -0.485 e. The smallest absolute Gasteiger partial charge is 0.297 e. The summed E-state index contributed by atoms with van der Waals surface area (Å²) in [6.45, 7) is 2.10. The van der Waals surface area contributed by atoms with Crippen molar-refractivity contribution in [2.24, 2.45) is 0 Å². The van der Waals surface area contributed by atoms with Crippen LogP contribution in [0.3, 0.4) is 0 Å². The number of rotatable bonds is 3. The number of nitrogens with zero attached hydrogens (tertiary/aromatic N) is 1. The molecule has 0 N–H and O–H groups in total. The zero-order valence-corrected chi connectivity index (χ0v) is 17.0. The molecule has 0 amide bonds. The number of ether oxygens (including phenoxy) is 2. The number of aromatic nitrogens is 1. The molecule has 0 spiro atoms. The van der Waals surface area contributed by atoms with E-state index in [2.05, 4.69) is 20.9 Å². The van der Waals surface area contributed by atoms with Gasteiger partial charge in [0, 0.05) is 21.1 Å². The van der Waals surface area contributed by atoms with E-state index in [0.717, 1.165) is 28.2 Å². The average Bonchev–Trinajstić information content (AvgIpc) is 2.66. The summed E-state index contributed by atoms with van der Waals surface area (Å²) >= 11 is 3.39. The lowest BCUT2D eigenvalue weighted by Gasteiger charge is -2.28. The normalized spacial score (nSPS) is 16.5. The molecule has 6 nitrogen and oxygen atoms in total. The Morgan fingerprint density at radius 3 is 2.78 bits per heavy atom. The van der Waals surface area contributed by atoms with Crippen LogP contribution in [-0.4, -0.2) is 27.1 Å². The van der Waals surface area contributed by atoms with Gasteiger partial charge < -0.3 is 9.47 Å². The summed E-state index contributed by atoms with van der Waals surface area (Å²) in [5.74, 6) is 1.16. The number of fused-ring (bicyclic) bond motifs is 3. The Morgan fingerprint density at radius 2 is 2.00 bits per heavy atom. The summed E-state index contributed by atoms with van der Waals surface area (Å²) in [7, 11) is -2.75. The molecule has 4 rings (SSSR count). The van der Waals surface area contributed by atoms with Crippen LogP contribution in [0.25, 0.3) is 10.9 Å². The van der Waals surface area contributed by atoms with Crippen LogP contribution >= 0.6 is 15.9 Å². The molecular weight excluding hydrogens is 434 g/mol. The van der Waals surface area contributed by atoms with E-state index in [0.29, 0.717) is 17.1 Å². The van der Waals surface area contributed by atoms with Crippen LogP contribution in [0.2, 0.25) is 0 Å². The highest BCUT2D eigenvalue weighted by Crippen LogP contribution is 2.43.